The van der Waals surface area contributed by atoms with Gasteiger partial charge in [0.15, 0.2) is 6.29 Å². The van der Waals surface area contributed by atoms with Gasteiger partial charge in [-0.1, -0.05) is 127 Å². The zero-order valence-electron chi connectivity index (χ0n) is 31.2. The molecule has 0 unspecified atom stereocenters. The molecule has 8 rings (SSSR count). The Morgan fingerprint density at radius 2 is 1.14 bits per heavy atom. The van der Waals surface area contributed by atoms with E-state index in [1.807, 2.05) is 91.1 Å². The van der Waals surface area contributed by atoms with Crippen LogP contribution in [0.15, 0.2) is 158 Å². The standard InChI is InChI=1S/C48H46FNO6/c49-41-23-20-36(21-24-41)32-55-47-46(54-31-35-13-5-2-6-14-35)45(53-30-34-11-3-1-4-12-34)44(33-51-29-37-19-22-38-15-7-8-16-39(38)27-37)56-48(47)52-26-25-40-28-50-43-18-10-9-17-42(40)43/h1-24,27-28,44-48,50H,25-26,29-33H2/t44-,45-,46+,47-,48-/m1/s1. The molecule has 6 aromatic carbocycles. The van der Waals surface area contributed by atoms with E-state index in [2.05, 4.69) is 47.4 Å². The van der Waals surface area contributed by atoms with Crippen LogP contribution in [-0.2, 0) is 61.3 Å². The van der Waals surface area contributed by atoms with E-state index < -0.39 is 30.7 Å². The fraction of sp³-hybridized carbons (Fsp3) is 0.250. The van der Waals surface area contributed by atoms with Crippen molar-refractivity contribution in [2.24, 2.45) is 0 Å². The molecule has 1 aliphatic rings. The number of nitrogens with one attached hydrogen (secondary N) is 1. The lowest BCUT2D eigenvalue weighted by molar-refractivity contribution is -0.328. The first kappa shape index (κ1) is 37.7. The average molecular weight is 752 g/mol. The molecule has 0 radical (unpaired) electrons. The summed E-state index contributed by atoms with van der Waals surface area (Å²) in [5.41, 5.74) is 6.13. The number of fused-ring (bicyclic) bond motifs is 2. The highest BCUT2D eigenvalue weighted by molar-refractivity contribution is 5.83. The summed E-state index contributed by atoms with van der Waals surface area (Å²) in [6.45, 7) is 1.83. The third-order valence-corrected chi connectivity index (χ3v) is 10.2. The number of ether oxygens (including phenoxy) is 6. The maximum absolute atomic E-state index is 13.9. The van der Waals surface area contributed by atoms with Crippen LogP contribution in [0.2, 0.25) is 0 Å². The van der Waals surface area contributed by atoms with Crippen molar-refractivity contribution in [3.05, 3.63) is 191 Å². The lowest BCUT2D eigenvalue weighted by atomic mass is 9.97. The Hall–Kier alpha value is -5.19. The van der Waals surface area contributed by atoms with Crippen molar-refractivity contribution in [2.45, 2.75) is 63.6 Å². The Bertz CT molecular complexity index is 2260. The normalized spacial score (nSPS) is 19.8. The summed E-state index contributed by atoms with van der Waals surface area (Å²) in [5.74, 6) is -0.307. The van der Waals surface area contributed by atoms with Crippen LogP contribution in [0.25, 0.3) is 21.7 Å². The lowest BCUT2D eigenvalue weighted by Crippen LogP contribution is -2.61. The number of hydrogen-bond donors (Lipinski definition) is 1. The van der Waals surface area contributed by atoms with Gasteiger partial charge in [0, 0.05) is 17.1 Å². The van der Waals surface area contributed by atoms with E-state index >= 15 is 0 Å². The van der Waals surface area contributed by atoms with Gasteiger partial charge in [-0.3, -0.25) is 0 Å². The van der Waals surface area contributed by atoms with Crippen LogP contribution < -0.4 is 0 Å². The van der Waals surface area contributed by atoms with Crippen molar-refractivity contribution < 1.29 is 32.8 Å². The van der Waals surface area contributed by atoms with Gasteiger partial charge in [-0.25, -0.2) is 4.39 Å². The monoisotopic (exact) mass is 751 g/mol. The van der Waals surface area contributed by atoms with Crippen LogP contribution in [0, 0.1) is 5.82 Å². The average Bonchev–Trinajstić information content (AvgIpc) is 3.66. The van der Waals surface area contributed by atoms with E-state index in [1.54, 1.807) is 12.1 Å². The van der Waals surface area contributed by atoms with Crippen LogP contribution in [0.5, 0.6) is 0 Å². The van der Waals surface area contributed by atoms with Crippen molar-refractivity contribution in [2.75, 3.05) is 13.2 Å². The number of benzene rings is 6. The van der Waals surface area contributed by atoms with Crippen molar-refractivity contribution in [3.63, 3.8) is 0 Å². The molecule has 0 aliphatic carbocycles. The van der Waals surface area contributed by atoms with E-state index in [9.17, 15) is 4.39 Å². The van der Waals surface area contributed by atoms with Gasteiger partial charge in [0.05, 0.1) is 39.6 Å². The first-order valence-corrected chi connectivity index (χ1v) is 19.2. The highest BCUT2D eigenvalue weighted by atomic mass is 19.1. The molecule has 2 heterocycles. The minimum atomic E-state index is -0.827. The van der Waals surface area contributed by atoms with Gasteiger partial charge in [-0.05, 0) is 69.3 Å². The van der Waals surface area contributed by atoms with Crippen LogP contribution in [0.4, 0.5) is 4.39 Å². The number of H-pyrrole nitrogens is 1. The van der Waals surface area contributed by atoms with Gasteiger partial charge < -0.3 is 33.4 Å². The highest BCUT2D eigenvalue weighted by Gasteiger charge is 2.49. The van der Waals surface area contributed by atoms with E-state index in [0.29, 0.717) is 32.8 Å². The second-order valence-corrected chi connectivity index (χ2v) is 14.1. The predicted octanol–water partition coefficient (Wildman–Crippen LogP) is 9.72. The van der Waals surface area contributed by atoms with E-state index in [1.165, 1.54) is 17.5 Å². The molecule has 1 aromatic heterocycles. The molecule has 8 heteroatoms. The van der Waals surface area contributed by atoms with E-state index in [0.717, 1.165) is 44.1 Å². The molecule has 7 nitrogen and oxygen atoms in total. The van der Waals surface area contributed by atoms with Gasteiger partial charge in [-0.15, -0.1) is 0 Å². The number of halogens is 1. The lowest BCUT2D eigenvalue weighted by Gasteiger charge is -2.46. The zero-order chi connectivity index (χ0) is 37.9. The third-order valence-electron chi connectivity index (χ3n) is 10.2. The van der Waals surface area contributed by atoms with Gasteiger partial charge in [0.25, 0.3) is 0 Å². The number of rotatable bonds is 17. The maximum atomic E-state index is 13.9. The van der Waals surface area contributed by atoms with Crippen molar-refractivity contribution in [3.8, 4) is 0 Å². The minimum absolute atomic E-state index is 0.191. The molecule has 56 heavy (non-hydrogen) atoms. The maximum Gasteiger partial charge on any atom is 0.186 e. The Labute approximate surface area is 326 Å². The first-order valence-electron chi connectivity index (χ1n) is 19.2. The fourth-order valence-corrected chi connectivity index (χ4v) is 7.27. The van der Waals surface area contributed by atoms with Gasteiger partial charge >= 0.3 is 0 Å². The summed E-state index contributed by atoms with van der Waals surface area (Å²) in [6, 6.07) is 49.3. The molecule has 0 bridgehead atoms. The molecule has 0 saturated carbocycles. The second-order valence-electron chi connectivity index (χ2n) is 14.1. The molecular weight excluding hydrogens is 706 g/mol. The fourth-order valence-electron chi connectivity index (χ4n) is 7.27. The molecule has 0 spiro atoms. The topological polar surface area (TPSA) is 71.2 Å². The molecule has 1 N–H and O–H groups in total. The minimum Gasteiger partial charge on any atom is -0.374 e. The zero-order valence-corrected chi connectivity index (χ0v) is 31.2. The van der Waals surface area contributed by atoms with E-state index in [4.69, 9.17) is 28.4 Å². The highest BCUT2D eigenvalue weighted by Crippen LogP contribution is 2.32. The number of aromatic amines is 1. The summed E-state index contributed by atoms with van der Waals surface area (Å²) < 4.78 is 54.2. The van der Waals surface area contributed by atoms with Crippen LogP contribution in [-0.4, -0.2) is 48.9 Å². The van der Waals surface area contributed by atoms with Crippen molar-refractivity contribution >= 4 is 21.7 Å². The molecular formula is C48H46FNO6. The Morgan fingerprint density at radius 3 is 1.89 bits per heavy atom. The first-order chi connectivity index (χ1) is 27.7. The Balaban J connectivity index is 1.08. The van der Waals surface area contributed by atoms with Crippen LogP contribution in [0.3, 0.4) is 0 Å². The Kier molecular flexibility index (Phi) is 12.5. The predicted molar refractivity (Wildman–Crippen MR) is 215 cm³/mol. The number of aromatic nitrogens is 1. The second kappa shape index (κ2) is 18.6. The number of hydrogen-bond acceptors (Lipinski definition) is 6. The van der Waals surface area contributed by atoms with Crippen molar-refractivity contribution in [1.82, 2.24) is 4.98 Å². The summed E-state index contributed by atoms with van der Waals surface area (Å²) in [4.78, 5) is 3.36. The van der Waals surface area contributed by atoms with Crippen molar-refractivity contribution in [1.29, 1.82) is 0 Å². The molecule has 1 saturated heterocycles. The summed E-state index contributed by atoms with van der Waals surface area (Å²) in [5, 5.41) is 3.49. The molecule has 7 aromatic rings. The van der Waals surface area contributed by atoms with E-state index in [-0.39, 0.29) is 19.0 Å². The third kappa shape index (κ3) is 9.60. The smallest absolute Gasteiger partial charge is 0.186 e. The summed E-state index contributed by atoms with van der Waals surface area (Å²) >= 11 is 0. The summed E-state index contributed by atoms with van der Waals surface area (Å²) in [6.07, 6.45) is -0.634. The Morgan fingerprint density at radius 1 is 0.536 bits per heavy atom. The molecule has 1 aliphatic heterocycles. The number of para-hydroxylation sites is 1. The van der Waals surface area contributed by atoms with Gasteiger partial charge in [0.2, 0.25) is 0 Å². The largest absolute Gasteiger partial charge is 0.374 e. The summed E-state index contributed by atoms with van der Waals surface area (Å²) in [7, 11) is 0. The molecule has 0 amide bonds. The molecule has 1 fully saturated rings. The van der Waals surface area contributed by atoms with Gasteiger partial charge in [-0.2, -0.15) is 0 Å². The van der Waals surface area contributed by atoms with Crippen LogP contribution in [0.1, 0.15) is 27.8 Å². The quantitative estimate of drug-likeness (QED) is 0.1000. The van der Waals surface area contributed by atoms with Crippen LogP contribution >= 0.6 is 0 Å². The molecule has 286 valence electrons. The van der Waals surface area contributed by atoms with Gasteiger partial charge in [0.1, 0.15) is 30.2 Å². The molecule has 5 atom stereocenters. The SMILES string of the molecule is Fc1ccc(CO[C@H]2[C@H](OCCc3c[nH]c4ccccc34)O[C@H](COCc3ccc4ccccc4c3)[C@@H](OCc3ccccc3)[C@@H]2OCc2ccccc2)cc1.